The van der Waals surface area contributed by atoms with E-state index >= 15 is 0 Å². The quantitative estimate of drug-likeness (QED) is 0.853. The van der Waals surface area contributed by atoms with E-state index in [4.69, 9.17) is 5.11 Å². The minimum atomic E-state index is -4.69. The van der Waals surface area contributed by atoms with Crippen molar-refractivity contribution in [2.24, 2.45) is 0 Å². The first-order valence-electron chi connectivity index (χ1n) is 5.60. The van der Waals surface area contributed by atoms with Gasteiger partial charge >= 0.3 is 6.18 Å². The summed E-state index contributed by atoms with van der Waals surface area (Å²) in [7, 11) is 0. The normalized spacial score (nSPS) is 18.3. The average Bonchev–Trinajstić information content (AvgIpc) is 2.38. The Morgan fingerprint density at radius 3 is 2.72 bits per heavy atom. The second kappa shape index (κ2) is 5.07. The molecule has 0 fully saturated rings. The van der Waals surface area contributed by atoms with Crippen molar-refractivity contribution in [3.05, 3.63) is 35.7 Å². The van der Waals surface area contributed by atoms with Crippen molar-refractivity contribution < 1.29 is 18.3 Å². The Bertz CT molecular complexity index is 457. The largest absolute Gasteiger partial charge is 0.420 e. The smallest absolute Gasteiger partial charge is 0.378 e. The first-order chi connectivity index (χ1) is 8.48. The number of nitrogens with zero attached hydrogens (tertiary/aromatic N) is 1. The number of alkyl halides is 3. The number of halogens is 3. The zero-order chi connectivity index (χ0) is 13.2. The van der Waals surface area contributed by atoms with Crippen molar-refractivity contribution in [3.63, 3.8) is 0 Å². The van der Waals surface area contributed by atoms with E-state index in [1.54, 1.807) is 6.07 Å². The number of pyridine rings is 1. The highest BCUT2D eigenvalue weighted by Crippen LogP contribution is 2.31. The monoisotopic (exact) mass is 258 g/mol. The molecule has 1 aromatic rings. The van der Waals surface area contributed by atoms with Crippen LogP contribution >= 0.6 is 0 Å². The molecule has 2 N–H and O–H groups in total. The van der Waals surface area contributed by atoms with E-state index < -0.39 is 12.3 Å². The number of aliphatic hydroxyl groups excluding tert-OH is 1. The maximum atomic E-state index is 12.4. The summed E-state index contributed by atoms with van der Waals surface area (Å²) >= 11 is 0. The highest BCUT2D eigenvalue weighted by Gasteiger charge is 2.40. The van der Waals surface area contributed by atoms with Gasteiger partial charge in [0.05, 0.1) is 11.4 Å². The lowest BCUT2D eigenvalue weighted by Gasteiger charge is -2.17. The molecule has 1 unspecified atom stereocenters. The number of hydrogen-bond acceptors (Lipinski definition) is 3. The Balaban J connectivity index is 2.27. The lowest BCUT2D eigenvalue weighted by atomic mass is 10.1. The van der Waals surface area contributed by atoms with Crippen molar-refractivity contribution in [3.8, 4) is 0 Å². The van der Waals surface area contributed by atoms with Crippen LogP contribution in [0.5, 0.6) is 0 Å². The molecule has 2 heterocycles. The fraction of sp³-hybridized carbons (Fsp3) is 0.417. The van der Waals surface area contributed by atoms with E-state index in [1.165, 1.54) is 12.1 Å². The molecule has 0 amide bonds. The summed E-state index contributed by atoms with van der Waals surface area (Å²) in [5, 5.41) is 12.3. The third kappa shape index (κ3) is 2.88. The molecular weight excluding hydrogens is 245 g/mol. The summed E-state index contributed by atoms with van der Waals surface area (Å²) in [6, 6.07) is 4.30. The Labute approximate surface area is 102 Å². The van der Waals surface area contributed by atoms with Gasteiger partial charge in [-0.3, -0.25) is 4.98 Å². The standard InChI is InChI=1S/C12H13F3N2O/c13-12(14,15)11(18)10-5-1-4-9(17-10)8-3-2-6-16-7-8/h1,3-5,11,16,18H,2,6-7H2. The van der Waals surface area contributed by atoms with Crippen LogP contribution < -0.4 is 5.32 Å². The lowest BCUT2D eigenvalue weighted by Crippen LogP contribution is -2.23. The van der Waals surface area contributed by atoms with Crippen LogP contribution in [0.25, 0.3) is 5.57 Å². The molecule has 0 saturated carbocycles. The molecule has 1 aromatic heterocycles. The first-order valence-corrected chi connectivity index (χ1v) is 5.60. The average molecular weight is 258 g/mol. The van der Waals surface area contributed by atoms with Crippen LogP contribution in [0.15, 0.2) is 24.3 Å². The Hall–Kier alpha value is -1.40. The minimum Gasteiger partial charge on any atom is -0.378 e. The van der Waals surface area contributed by atoms with Gasteiger partial charge in [0, 0.05) is 6.54 Å². The van der Waals surface area contributed by atoms with Gasteiger partial charge in [-0.1, -0.05) is 12.1 Å². The van der Waals surface area contributed by atoms with E-state index in [0.29, 0.717) is 12.2 Å². The van der Waals surface area contributed by atoms with Gasteiger partial charge in [-0.2, -0.15) is 13.2 Å². The Morgan fingerprint density at radius 2 is 2.11 bits per heavy atom. The zero-order valence-corrected chi connectivity index (χ0v) is 9.54. The number of aliphatic hydroxyl groups is 1. The van der Waals surface area contributed by atoms with Crippen molar-refractivity contribution in [1.82, 2.24) is 10.3 Å². The lowest BCUT2D eigenvalue weighted by molar-refractivity contribution is -0.207. The maximum Gasteiger partial charge on any atom is 0.420 e. The molecule has 1 aliphatic rings. The fourth-order valence-corrected chi connectivity index (χ4v) is 1.79. The molecule has 3 nitrogen and oxygen atoms in total. The van der Waals surface area contributed by atoms with Gasteiger partial charge in [0.15, 0.2) is 6.10 Å². The molecule has 98 valence electrons. The predicted molar refractivity (Wildman–Crippen MR) is 60.7 cm³/mol. The van der Waals surface area contributed by atoms with Crippen molar-refractivity contribution >= 4 is 5.57 Å². The number of hydrogen-bond donors (Lipinski definition) is 2. The molecule has 0 aliphatic carbocycles. The third-order valence-corrected chi connectivity index (χ3v) is 2.72. The van der Waals surface area contributed by atoms with Gasteiger partial charge < -0.3 is 10.4 Å². The van der Waals surface area contributed by atoms with E-state index in [9.17, 15) is 13.2 Å². The molecule has 0 spiro atoms. The molecule has 18 heavy (non-hydrogen) atoms. The Kier molecular flexibility index (Phi) is 3.68. The zero-order valence-electron chi connectivity index (χ0n) is 9.54. The second-order valence-electron chi connectivity index (χ2n) is 4.09. The van der Waals surface area contributed by atoms with E-state index in [-0.39, 0.29) is 5.69 Å². The molecule has 1 aliphatic heterocycles. The molecule has 1 atom stereocenters. The fourth-order valence-electron chi connectivity index (χ4n) is 1.79. The van der Waals surface area contributed by atoms with Crippen LogP contribution in [0.3, 0.4) is 0 Å². The van der Waals surface area contributed by atoms with Gasteiger partial charge in [0.1, 0.15) is 0 Å². The minimum absolute atomic E-state index is 0.369. The SMILES string of the molecule is OC(c1cccc(C2=CCCNC2)n1)C(F)(F)F. The maximum absolute atomic E-state index is 12.4. The highest BCUT2D eigenvalue weighted by atomic mass is 19.4. The Morgan fingerprint density at radius 1 is 1.33 bits per heavy atom. The van der Waals surface area contributed by atoms with Crippen molar-refractivity contribution in [1.29, 1.82) is 0 Å². The molecule has 6 heteroatoms. The molecule has 0 saturated heterocycles. The number of aromatic nitrogens is 1. The third-order valence-electron chi connectivity index (χ3n) is 2.72. The van der Waals surface area contributed by atoms with Crippen molar-refractivity contribution in [2.45, 2.75) is 18.7 Å². The summed E-state index contributed by atoms with van der Waals surface area (Å²) in [5.74, 6) is 0. The van der Waals surface area contributed by atoms with Gasteiger partial charge in [-0.05, 0) is 30.7 Å². The van der Waals surface area contributed by atoms with Gasteiger partial charge in [0.25, 0.3) is 0 Å². The van der Waals surface area contributed by atoms with E-state index in [2.05, 4.69) is 10.3 Å². The predicted octanol–water partition coefficient (Wildman–Crippen LogP) is 2.05. The number of nitrogens with one attached hydrogen (secondary N) is 1. The molecule has 0 radical (unpaired) electrons. The van der Waals surface area contributed by atoms with E-state index in [1.807, 2.05) is 6.08 Å². The second-order valence-corrected chi connectivity index (χ2v) is 4.09. The van der Waals surface area contributed by atoms with Crippen molar-refractivity contribution in [2.75, 3.05) is 13.1 Å². The van der Waals surface area contributed by atoms with Crippen LogP contribution in [0.4, 0.5) is 13.2 Å². The van der Waals surface area contributed by atoms with Gasteiger partial charge in [-0.15, -0.1) is 0 Å². The van der Waals surface area contributed by atoms with Crippen LogP contribution in [0, 0.1) is 0 Å². The molecule has 2 rings (SSSR count). The highest BCUT2D eigenvalue weighted by molar-refractivity contribution is 5.64. The van der Waals surface area contributed by atoms with Crippen LogP contribution in [0.2, 0.25) is 0 Å². The molecule has 0 bridgehead atoms. The first kappa shape index (κ1) is 13.0. The molecular formula is C12H13F3N2O. The van der Waals surface area contributed by atoms with E-state index in [0.717, 1.165) is 18.5 Å². The summed E-state index contributed by atoms with van der Waals surface area (Å²) in [5.41, 5.74) is 0.965. The van der Waals surface area contributed by atoms with Gasteiger partial charge in [-0.25, -0.2) is 0 Å². The number of rotatable bonds is 2. The topological polar surface area (TPSA) is 45.1 Å². The summed E-state index contributed by atoms with van der Waals surface area (Å²) in [6.45, 7) is 1.44. The van der Waals surface area contributed by atoms with Crippen LogP contribution in [0.1, 0.15) is 23.9 Å². The summed E-state index contributed by atoms with van der Waals surface area (Å²) in [4.78, 5) is 3.88. The molecule has 0 aromatic carbocycles. The van der Waals surface area contributed by atoms with Gasteiger partial charge in [0.2, 0.25) is 0 Å². The van der Waals surface area contributed by atoms with Crippen LogP contribution in [-0.4, -0.2) is 29.4 Å². The summed E-state index contributed by atoms with van der Waals surface area (Å²) < 4.78 is 37.2. The van der Waals surface area contributed by atoms with Crippen LogP contribution in [-0.2, 0) is 0 Å². The summed E-state index contributed by atoms with van der Waals surface area (Å²) in [6.07, 6.45) is -4.45.